The van der Waals surface area contributed by atoms with Gasteiger partial charge in [-0.3, -0.25) is 10.5 Å². The molecule has 2 atom stereocenters. The van der Waals surface area contributed by atoms with Crippen LogP contribution in [0.25, 0.3) is 0 Å². The molecule has 3 aromatic rings. The zero-order valence-electron chi connectivity index (χ0n) is 17.0. The summed E-state index contributed by atoms with van der Waals surface area (Å²) in [6.07, 6.45) is 0. The number of nitrogens with one attached hydrogen (secondary N) is 2. The molecule has 2 aromatic carbocycles. The Kier molecular flexibility index (Phi) is 5.15. The number of aromatic amines is 1. The number of fused-ring (bicyclic) bond motifs is 1. The van der Waals surface area contributed by atoms with Gasteiger partial charge in [0.15, 0.2) is 11.5 Å². The second kappa shape index (κ2) is 7.91. The summed E-state index contributed by atoms with van der Waals surface area (Å²) in [6, 6.07) is 16.0. The highest BCUT2D eigenvalue weighted by molar-refractivity contribution is 5.84. The van der Waals surface area contributed by atoms with E-state index < -0.39 is 5.92 Å². The molecule has 0 radical (unpaired) electrons. The van der Waals surface area contributed by atoms with Gasteiger partial charge in [0.2, 0.25) is 11.8 Å². The van der Waals surface area contributed by atoms with E-state index >= 15 is 0 Å². The Labute approximate surface area is 174 Å². The minimum Gasteiger partial charge on any atom is -0.493 e. The Morgan fingerprint density at radius 3 is 2.63 bits per heavy atom. The monoisotopic (exact) mass is 402 g/mol. The van der Waals surface area contributed by atoms with Gasteiger partial charge in [-0.25, -0.2) is 0 Å². The number of ether oxygens (including phenoxy) is 3. The van der Waals surface area contributed by atoms with E-state index in [2.05, 4.69) is 16.3 Å². The topological polar surface area (TPSA) is 104 Å². The maximum Gasteiger partial charge on any atom is 0.243 e. The first-order chi connectivity index (χ1) is 14.5. The highest BCUT2D eigenvalue weighted by Gasteiger charge is 2.40. The molecule has 1 aromatic heterocycles. The number of H-pyrrole nitrogens is 1. The van der Waals surface area contributed by atoms with Crippen LogP contribution in [0.3, 0.4) is 0 Å². The molecule has 0 fully saturated rings. The third-order valence-electron chi connectivity index (χ3n) is 5.29. The largest absolute Gasteiger partial charge is 0.493 e. The lowest BCUT2D eigenvalue weighted by molar-refractivity contribution is 0.284. The highest BCUT2D eigenvalue weighted by Crippen LogP contribution is 2.44. The van der Waals surface area contributed by atoms with Crippen LogP contribution in [0.2, 0.25) is 0 Å². The van der Waals surface area contributed by atoms with Crippen LogP contribution in [0.1, 0.15) is 33.9 Å². The lowest BCUT2D eigenvalue weighted by Crippen LogP contribution is -2.31. The van der Waals surface area contributed by atoms with Crippen LogP contribution in [0.4, 0.5) is 0 Å². The SMILES string of the molecule is COc1cc(C2c3c(n[nH]c3C)OC(=N)C2C#N)ccc1OCc1ccc(C)cc1. The van der Waals surface area contributed by atoms with Crippen molar-refractivity contribution in [2.75, 3.05) is 7.11 Å². The zero-order valence-corrected chi connectivity index (χ0v) is 17.0. The molecular weight excluding hydrogens is 380 g/mol. The number of nitrogens with zero attached hydrogens (tertiary/aromatic N) is 2. The molecule has 0 bridgehead atoms. The molecule has 1 aliphatic heterocycles. The van der Waals surface area contributed by atoms with Gasteiger partial charge in [0, 0.05) is 17.2 Å². The first-order valence-corrected chi connectivity index (χ1v) is 9.59. The van der Waals surface area contributed by atoms with Gasteiger partial charge in [0.1, 0.15) is 12.5 Å². The Morgan fingerprint density at radius 2 is 1.93 bits per heavy atom. The van der Waals surface area contributed by atoms with Gasteiger partial charge < -0.3 is 14.2 Å². The standard InChI is InChI=1S/C23H22N4O3/c1-13-4-6-15(7-5-13)12-29-18-9-8-16(10-19(18)28-3)21-17(11-24)22(25)30-23-20(21)14(2)26-27-23/h4-10,17,21,25H,12H2,1-3H3,(H,26,27). The highest BCUT2D eigenvalue weighted by atomic mass is 16.5. The van der Waals surface area contributed by atoms with Crippen LogP contribution in [-0.4, -0.2) is 23.2 Å². The summed E-state index contributed by atoms with van der Waals surface area (Å²) >= 11 is 0. The van der Waals surface area contributed by atoms with Crippen molar-refractivity contribution >= 4 is 5.90 Å². The first kappa shape index (κ1) is 19.5. The van der Waals surface area contributed by atoms with E-state index in [0.29, 0.717) is 24.0 Å². The Bertz CT molecular complexity index is 1130. The van der Waals surface area contributed by atoms with Crippen molar-refractivity contribution in [3.8, 4) is 23.4 Å². The lowest BCUT2D eigenvalue weighted by atomic mass is 9.79. The van der Waals surface area contributed by atoms with Crippen LogP contribution in [0.5, 0.6) is 17.4 Å². The van der Waals surface area contributed by atoms with E-state index in [9.17, 15) is 5.26 Å². The molecular formula is C23H22N4O3. The number of nitriles is 1. The summed E-state index contributed by atoms with van der Waals surface area (Å²) in [7, 11) is 1.58. The van der Waals surface area contributed by atoms with Crippen molar-refractivity contribution in [1.82, 2.24) is 10.2 Å². The van der Waals surface area contributed by atoms with Crippen molar-refractivity contribution in [2.45, 2.75) is 26.4 Å². The third kappa shape index (κ3) is 3.48. The van der Waals surface area contributed by atoms with Gasteiger partial charge in [-0.05, 0) is 37.1 Å². The van der Waals surface area contributed by atoms with E-state index in [-0.39, 0.29) is 11.8 Å². The zero-order chi connectivity index (χ0) is 21.3. The van der Waals surface area contributed by atoms with Gasteiger partial charge in [0.25, 0.3) is 0 Å². The van der Waals surface area contributed by atoms with Crippen molar-refractivity contribution in [1.29, 1.82) is 10.7 Å². The average Bonchev–Trinajstić information content (AvgIpc) is 3.12. The van der Waals surface area contributed by atoms with Crippen molar-refractivity contribution < 1.29 is 14.2 Å². The fourth-order valence-electron chi connectivity index (χ4n) is 3.68. The molecule has 0 amide bonds. The lowest BCUT2D eigenvalue weighted by Gasteiger charge is -2.28. The second-order valence-corrected chi connectivity index (χ2v) is 7.30. The molecule has 2 unspecified atom stereocenters. The number of benzene rings is 2. The van der Waals surface area contributed by atoms with Gasteiger partial charge in [-0.1, -0.05) is 35.9 Å². The molecule has 0 aliphatic carbocycles. The molecule has 4 rings (SSSR count). The Hall–Kier alpha value is -3.79. The Morgan fingerprint density at radius 1 is 1.17 bits per heavy atom. The number of methoxy groups -OCH3 is 1. The van der Waals surface area contributed by atoms with E-state index in [0.717, 1.165) is 22.4 Å². The third-order valence-corrected chi connectivity index (χ3v) is 5.29. The van der Waals surface area contributed by atoms with Crippen LogP contribution in [-0.2, 0) is 6.61 Å². The van der Waals surface area contributed by atoms with Gasteiger partial charge >= 0.3 is 0 Å². The maximum atomic E-state index is 9.70. The van der Waals surface area contributed by atoms with Crippen LogP contribution >= 0.6 is 0 Å². The minimum absolute atomic E-state index is 0.111. The van der Waals surface area contributed by atoms with E-state index in [1.807, 2.05) is 56.3 Å². The van der Waals surface area contributed by atoms with E-state index in [1.54, 1.807) is 7.11 Å². The minimum atomic E-state index is -0.752. The van der Waals surface area contributed by atoms with Crippen molar-refractivity contribution in [3.63, 3.8) is 0 Å². The van der Waals surface area contributed by atoms with E-state index in [4.69, 9.17) is 19.6 Å². The number of hydrogen-bond donors (Lipinski definition) is 2. The predicted octanol–water partition coefficient (Wildman–Crippen LogP) is 4.26. The first-order valence-electron chi connectivity index (χ1n) is 9.59. The molecule has 7 nitrogen and oxygen atoms in total. The maximum absolute atomic E-state index is 9.70. The fourth-order valence-corrected chi connectivity index (χ4v) is 3.68. The quantitative estimate of drug-likeness (QED) is 0.664. The number of aromatic nitrogens is 2. The molecule has 2 heterocycles. The summed E-state index contributed by atoms with van der Waals surface area (Å²) in [5.41, 5.74) is 4.69. The Balaban J connectivity index is 1.66. The fraction of sp³-hybridized carbons (Fsp3) is 0.261. The van der Waals surface area contributed by atoms with Crippen molar-refractivity contribution in [2.24, 2.45) is 5.92 Å². The molecule has 1 aliphatic rings. The molecule has 2 N–H and O–H groups in total. The smallest absolute Gasteiger partial charge is 0.243 e. The number of aryl methyl sites for hydroxylation is 2. The summed E-state index contributed by atoms with van der Waals surface area (Å²) in [6.45, 7) is 4.34. The van der Waals surface area contributed by atoms with Crippen LogP contribution in [0, 0.1) is 36.5 Å². The number of hydrogen-bond acceptors (Lipinski definition) is 6. The van der Waals surface area contributed by atoms with Crippen molar-refractivity contribution in [3.05, 3.63) is 70.4 Å². The van der Waals surface area contributed by atoms with Gasteiger partial charge in [-0.2, -0.15) is 5.26 Å². The predicted molar refractivity (Wildman–Crippen MR) is 111 cm³/mol. The van der Waals surface area contributed by atoms with Gasteiger partial charge in [-0.15, -0.1) is 5.10 Å². The number of rotatable bonds is 5. The van der Waals surface area contributed by atoms with E-state index in [1.165, 1.54) is 5.56 Å². The molecule has 152 valence electrons. The summed E-state index contributed by atoms with van der Waals surface area (Å²) in [5, 5.41) is 24.8. The summed E-state index contributed by atoms with van der Waals surface area (Å²) in [4.78, 5) is 0. The second-order valence-electron chi connectivity index (χ2n) is 7.30. The molecule has 30 heavy (non-hydrogen) atoms. The van der Waals surface area contributed by atoms with Gasteiger partial charge in [0.05, 0.1) is 13.2 Å². The van der Waals surface area contributed by atoms with Crippen LogP contribution < -0.4 is 14.2 Å². The summed E-state index contributed by atoms with van der Waals surface area (Å²) in [5.74, 6) is 0.273. The molecule has 7 heteroatoms. The summed E-state index contributed by atoms with van der Waals surface area (Å²) < 4.78 is 17.0. The van der Waals surface area contributed by atoms with Crippen LogP contribution in [0.15, 0.2) is 42.5 Å². The average molecular weight is 402 g/mol. The molecule has 0 saturated heterocycles. The molecule has 0 spiro atoms. The normalized spacial score (nSPS) is 17.6. The molecule has 0 saturated carbocycles.